The second-order valence-corrected chi connectivity index (χ2v) is 7.47. The van der Waals surface area contributed by atoms with Gasteiger partial charge in [0.25, 0.3) is 0 Å². The van der Waals surface area contributed by atoms with E-state index in [4.69, 9.17) is 16.0 Å². The van der Waals surface area contributed by atoms with Gasteiger partial charge in [0.2, 0.25) is 0 Å². The van der Waals surface area contributed by atoms with Gasteiger partial charge in [0.1, 0.15) is 12.3 Å². The van der Waals surface area contributed by atoms with E-state index in [1.807, 2.05) is 24.3 Å². The first kappa shape index (κ1) is 23.0. The van der Waals surface area contributed by atoms with Crippen molar-refractivity contribution >= 4 is 41.5 Å². The van der Waals surface area contributed by atoms with Crippen LogP contribution in [0.15, 0.2) is 52.1 Å². The van der Waals surface area contributed by atoms with Crippen molar-refractivity contribution in [2.24, 2.45) is 10.9 Å². The summed E-state index contributed by atoms with van der Waals surface area (Å²) < 4.78 is 5.37. The van der Waals surface area contributed by atoms with E-state index < -0.39 is 0 Å². The second kappa shape index (κ2) is 11.7. The monoisotopic (exact) mass is 516 g/mol. The maximum atomic E-state index is 6.25. The van der Waals surface area contributed by atoms with Crippen LogP contribution in [0.25, 0.3) is 0 Å². The second-order valence-electron chi connectivity index (χ2n) is 7.04. The molecule has 2 aromatic rings. The largest absolute Gasteiger partial charge is 0.467 e. The first-order valence-electron chi connectivity index (χ1n) is 9.67. The third kappa shape index (κ3) is 6.39. The zero-order valence-corrected chi connectivity index (χ0v) is 19.6. The number of nitrogens with one attached hydrogen (secondary N) is 2. The van der Waals surface area contributed by atoms with Crippen molar-refractivity contribution < 1.29 is 4.42 Å². The Bertz CT molecular complexity index is 738. The van der Waals surface area contributed by atoms with Crippen LogP contribution in [0.1, 0.15) is 37.1 Å². The molecule has 0 radical (unpaired) electrons. The Labute approximate surface area is 189 Å². The average molecular weight is 517 g/mol. The predicted molar refractivity (Wildman–Crippen MR) is 126 cm³/mol. The standard InChI is InChI=1S/C21H29ClN4O.HI/c1-3-23-21(25-15-19-10-6-12-27-19)24-14-17-8-5-11-26(2)20(17)16-7-4-9-18(22)13-16;/h4,6-7,9-10,12-13,17,20H,3,5,8,11,14-15H2,1-2H3,(H2,23,24,25);1H. The summed E-state index contributed by atoms with van der Waals surface area (Å²) in [6.45, 7) is 5.41. The smallest absolute Gasteiger partial charge is 0.191 e. The molecular weight excluding hydrogens is 487 g/mol. The highest BCUT2D eigenvalue weighted by atomic mass is 127. The summed E-state index contributed by atoms with van der Waals surface area (Å²) in [5.41, 5.74) is 1.29. The highest BCUT2D eigenvalue weighted by Crippen LogP contribution is 2.35. The maximum Gasteiger partial charge on any atom is 0.191 e. The number of halogens is 2. The van der Waals surface area contributed by atoms with Gasteiger partial charge in [-0.1, -0.05) is 23.7 Å². The molecule has 1 aromatic heterocycles. The molecule has 1 fully saturated rings. The molecule has 2 N–H and O–H groups in total. The number of benzene rings is 1. The Kier molecular flexibility index (Phi) is 9.61. The summed E-state index contributed by atoms with van der Waals surface area (Å²) in [5.74, 6) is 2.18. The predicted octanol–water partition coefficient (Wildman–Crippen LogP) is 4.69. The SMILES string of the molecule is CCNC(=NCc1ccco1)NCC1CCCN(C)C1c1cccc(Cl)c1.I. The fourth-order valence-corrected chi connectivity index (χ4v) is 4.02. The van der Waals surface area contributed by atoms with E-state index in [1.165, 1.54) is 18.4 Å². The molecule has 5 nitrogen and oxygen atoms in total. The molecule has 2 atom stereocenters. The minimum atomic E-state index is 0. The van der Waals surface area contributed by atoms with E-state index in [1.54, 1.807) is 6.26 Å². The van der Waals surface area contributed by atoms with E-state index in [-0.39, 0.29) is 24.0 Å². The van der Waals surface area contributed by atoms with Crippen LogP contribution >= 0.6 is 35.6 Å². The van der Waals surface area contributed by atoms with E-state index >= 15 is 0 Å². The Morgan fingerprint density at radius 3 is 2.86 bits per heavy atom. The summed E-state index contributed by atoms with van der Waals surface area (Å²) in [7, 11) is 2.20. The lowest BCUT2D eigenvalue weighted by Gasteiger charge is -2.40. The summed E-state index contributed by atoms with van der Waals surface area (Å²) >= 11 is 6.25. The summed E-state index contributed by atoms with van der Waals surface area (Å²) in [6, 6.07) is 12.4. The molecule has 2 heterocycles. The van der Waals surface area contributed by atoms with Gasteiger partial charge >= 0.3 is 0 Å². The summed E-state index contributed by atoms with van der Waals surface area (Å²) in [6.07, 6.45) is 4.07. The van der Waals surface area contributed by atoms with Crippen LogP contribution in [-0.2, 0) is 6.54 Å². The number of nitrogens with zero attached hydrogens (tertiary/aromatic N) is 2. The van der Waals surface area contributed by atoms with E-state index in [9.17, 15) is 0 Å². The molecule has 2 unspecified atom stereocenters. The topological polar surface area (TPSA) is 52.8 Å². The number of hydrogen-bond donors (Lipinski definition) is 2. The fraction of sp³-hybridized carbons (Fsp3) is 0.476. The average Bonchev–Trinajstić information content (AvgIpc) is 3.17. The number of furan rings is 1. The van der Waals surface area contributed by atoms with Crippen molar-refractivity contribution in [1.29, 1.82) is 0 Å². The molecule has 0 saturated carbocycles. The van der Waals surface area contributed by atoms with Crippen molar-refractivity contribution in [2.45, 2.75) is 32.4 Å². The Balaban J connectivity index is 0.00000280. The minimum Gasteiger partial charge on any atom is -0.467 e. The van der Waals surface area contributed by atoms with Crippen molar-refractivity contribution in [2.75, 3.05) is 26.7 Å². The zero-order chi connectivity index (χ0) is 19.1. The number of piperidine rings is 1. The van der Waals surface area contributed by atoms with Crippen LogP contribution in [0.4, 0.5) is 0 Å². The van der Waals surface area contributed by atoms with Crippen molar-refractivity contribution in [3.63, 3.8) is 0 Å². The fourth-order valence-electron chi connectivity index (χ4n) is 3.82. The van der Waals surface area contributed by atoms with Crippen LogP contribution in [0.3, 0.4) is 0 Å². The first-order valence-corrected chi connectivity index (χ1v) is 10.1. The zero-order valence-electron chi connectivity index (χ0n) is 16.5. The molecule has 7 heteroatoms. The highest BCUT2D eigenvalue weighted by molar-refractivity contribution is 14.0. The number of rotatable bonds is 6. The van der Waals surface area contributed by atoms with Crippen molar-refractivity contribution in [1.82, 2.24) is 15.5 Å². The van der Waals surface area contributed by atoms with Gasteiger partial charge in [-0.25, -0.2) is 4.99 Å². The quantitative estimate of drug-likeness (QED) is 0.332. The molecule has 0 bridgehead atoms. The van der Waals surface area contributed by atoms with Crippen molar-refractivity contribution in [3.8, 4) is 0 Å². The molecule has 0 amide bonds. The van der Waals surface area contributed by atoms with Crippen LogP contribution in [0.5, 0.6) is 0 Å². The van der Waals surface area contributed by atoms with E-state index in [2.05, 4.69) is 46.6 Å². The van der Waals surface area contributed by atoms with Crippen LogP contribution in [-0.4, -0.2) is 37.5 Å². The summed E-state index contributed by atoms with van der Waals surface area (Å²) in [5, 5.41) is 7.65. The van der Waals surface area contributed by atoms with Gasteiger partial charge in [-0.05, 0) is 69.1 Å². The number of guanidine groups is 1. The lowest BCUT2D eigenvalue weighted by atomic mass is 9.85. The van der Waals surface area contributed by atoms with Crippen LogP contribution in [0, 0.1) is 5.92 Å². The highest BCUT2D eigenvalue weighted by Gasteiger charge is 2.30. The molecule has 3 rings (SSSR count). The van der Waals surface area contributed by atoms with Gasteiger partial charge in [-0.2, -0.15) is 0 Å². The first-order chi connectivity index (χ1) is 13.2. The third-order valence-electron chi connectivity index (χ3n) is 5.05. The summed E-state index contributed by atoms with van der Waals surface area (Å²) in [4.78, 5) is 7.08. The molecule has 0 aliphatic carbocycles. The maximum absolute atomic E-state index is 6.25. The Morgan fingerprint density at radius 2 is 2.14 bits per heavy atom. The molecule has 1 saturated heterocycles. The van der Waals surface area contributed by atoms with Gasteiger partial charge in [-0.15, -0.1) is 24.0 Å². The van der Waals surface area contributed by atoms with Gasteiger partial charge in [-0.3, -0.25) is 4.90 Å². The van der Waals surface area contributed by atoms with Crippen LogP contribution in [0.2, 0.25) is 5.02 Å². The number of aliphatic imine (C=N–C) groups is 1. The van der Waals surface area contributed by atoms with E-state index in [0.29, 0.717) is 18.5 Å². The van der Waals surface area contributed by atoms with Gasteiger partial charge in [0.05, 0.1) is 6.26 Å². The molecule has 1 aromatic carbocycles. The molecular formula is C21H30ClIN4O. The number of likely N-dealkylation sites (tertiary alicyclic amines) is 1. The van der Waals surface area contributed by atoms with E-state index in [0.717, 1.165) is 36.4 Å². The molecule has 0 spiro atoms. The molecule has 154 valence electrons. The Hall–Kier alpha value is -1.25. The molecule has 1 aliphatic heterocycles. The Morgan fingerprint density at radius 1 is 1.29 bits per heavy atom. The molecule has 1 aliphatic rings. The van der Waals surface area contributed by atoms with Gasteiger partial charge in [0, 0.05) is 24.2 Å². The van der Waals surface area contributed by atoms with Crippen molar-refractivity contribution in [3.05, 3.63) is 59.0 Å². The van der Waals surface area contributed by atoms with Gasteiger partial charge < -0.3 is 15.1 Å². The lowest BCUT2D eigenvalue weighted by Crippen LogP contribution is -2.45. The number of hydrogen-bond acceptors (Lipinski definition) is 3. The van der Waals surface area contributed by atoms with Crippen LogP contribution < -0.4 is 10.6 Å². The lowest BCUT2D eigenvalue weighted by molar-refractivity contribution is 0.122. The normalized spacial score (nSPS) is 20.5. The third-order valence-corrected chi connectivity index (χ3v) is 5.28. The molecule has 28 heavy (non-hydrogen) atoms. The minimum absolute atomic E-state index is 0. The van der Waals surface area contributed by atoms with Gasteiger partial charge in [0.15, 0.2) is 5.96 Å².